The minimum atomic E-state index is -0.404. The summed E-state index contributed by atoms with van der Waals surface area (Å²) in [5.74, 6) is 0.777. The fraction of sp³-hybridized carbons (Fsp3) is 0.0714. The molecule has 0 saturated carbocycles. The second kappa shape index (κ2) is 5.00. The van der Waals surface area contributed by atoms with E-state index in [2.05, 4.69) is 15.5 Å². The van der Waals surface area contributed by atoms with E-state index in [1.54, 1.807) is 12.1 Å². The van der Waals surface area contributed by atoms with E-state index >= 15 is 0 Å². The van der Waals surface area contributed by atoms with Crippen LogP contribution in [0.5, 0.6) is 0 Å². The summed E-state index contributed by atoms with van der Waals surface area (Å²) in [6, 6.07) is 14.3. The summed E-state index contributed by atoms with van der Waals surface area (Å²) in [5, 5.41) is 22.0. The summed E-state index contributed by atoms with van der Waals surface area (Å²) in [6.45, 7) is 0.562. The first kappa shape index (κ1) is 12.2. The molecule has 0 aliphatic carbocycles. The van der Waals surface area contributed by atoms with Crippen LogP contribution in [0.25, 0.3) is 10.9 Å². The predicted molar refractivity (Wildman–Crippen MR) is 76.5 cm³/mol. The van der Waals surface area contributed by atoms with Crippen LogP contribution >= 0.6 is 0 Å². The van der Waals surface area contributed by atoms with E-state index in [1.165, 1.54) is 12.1 Å². The lowest BCUT2D eigenvalue weighted by Gasteiger charge is -2.03. The van der Waals surface area contributed by atoms with Crippen molar-refractivity contribution in [1.82, 2.24) is 10.2 Å². The molecule has 0 radical (unpaired) electrons. The molecule has 0 atom stereocenters. The van der Waals surface area contributed by atoms with Gasteiger partial charge in [0.25, 0.3) is 5.69 Å². The zero-order valence-electron chi connectivity index (χ0n) is 10.5. The molecule has 1 heterocycles. The Kier molecular flexibility index (Phi) is 3.04. The van der Waals surface area contributed by atoms with Crippen molar-refractivity contribution in [3.8, 4) is 0 Å². The van der Waals surface area contributed by atoms with Crippen LogP contribution < -0.4 is 5.32 Å². The molecular weight excluding hydrogens is 256 g/mol. The fourth-order valence-corrected chi connectivity index (χ4v) is 2.02. The van der Waals surface area contributed by atoms with E-state index in [4.69, 9.17) is 0 Å². The molecule has 20 heavy (non-hydrogen) atoms. The highest BCUT2D eigenvalue weighted by Crippen LogP contribution is 2.20. The van der Waals surface area contributed by atoms with E-state index < -0.39 is 4.92 Å². The number of nitrogens with zero attached hydrogens (tertiary/aromatic N) is 2. The Morgan fingerprint density at radius 2 is 1.90 bits per heavy atom. The Morgan fingerprint density at radius 3 is 2.65 bits per heavy atom. The maximum absolute atomic E-state index is 10.6. The van der Waals surface area contributed by atoms with Crippen molar-refractivity contribution < 1.29 is 4.92 Å². The first-order valence-electron chi connectivity index (χ1n) is 6.14. The molecule has 2 aromatic carbocycles. The number of hydrogen-bond acceptors (Lipinski definition) is 4. The number of hydrogen-bond donors (Lipinski definition) is 2. The molecule has 3 rings (SSSR count). The molecular formula is C14H12N4O2. The van der Waals surface area contributed by atoms with Crippen molar-refractivity contribution >= 4 is 22.4 Å². The van der Waals surface area contributed by atoms with Crippen LogP contribution in [0.15, 0.2) is 48.5 Å². The van der Waals surface area contributed by atoms with Gasteiger partial charge in [-0.3, -0.25) is 15.2 Å². The van der Waals surface area contributed by atoms with Gasteiger partial charge in [-0.25, -0.2) is 0 Å². The standard InChI is InChI=1S/C14H12N4O2/c19-18(20)11-7-5-10(6-8-11)9-15-14-12-3-1-2-4-13(12)16-17-14/h1-8H,9H2,(H2,15,16,17). The van der Waals surface area contributed by atoms with Gasteiger partial charge in [-0.2, -0.15) is 5.10 Å². The number of para-hydroxylation sites is 1. The zero-order chi connectivity index (χ0) is 13.9. The Balaban J connectivity index is 1.74. The molecule has 0 aliphatic rings. The van der Waals surface area contributed by atoms with Crippen LogP contribution in [-0.4, -0.2) is 15.1 Å². The van der Waals surface area contributed by atoms with Crippen LogP contribution in [0.3, 0.4) is 0 Å². The third-order valence-electron chi connectivity index (χ3n) is 3.08. The number of anilines is 1. The molecule has 0 fully saturated rings. The lowest BCUT2D eigenvalue weighted by Crippen LogP contribution is -2.00. The molecule has 0 aliphatic heterocycles. The summed E-state index contributed by atoms with van der Waals surface area (Å²) >= 11 is 0. The summed E-state index contributed by atoms with van der Waals surface area (Å²) in [6.07, 6.45) is 0. The Bertz CT molecular complexity index is 749. The van der Waals surface area contributed by atoms with Gasteiger partial charge in [0, 0.05) is 24.1 Å². The van der Waals surface area contributed by atoms with Crippen molar-refractivity contribution in [3.63, 3.8) is 0 Å². The van der Waals surface area contributed by atoms with Crippen molar-refractivity contribution in [3.05, 3.63) is 64.2 Å². The normalized spacial score (nSPS) is 10.6. The predicted octanol–water partition coefficient (Wildman–Crippen LogP) is 3.08. The Morgan fingerprint density at radius 1 is 1.15 bits per heavy atom. The molecule has 6 nitrogen and oxygen atoms in total. The molecule has 0 bridgehead atoms. The maximum Gasteiger partial charge on any atom is 0.269 e. The van der Waals surface area contributed by atoms with Crippen molar-refractivity contribution in [1.29, 1.82) is 0 Å². The number of nitro groups is 1. The zero-order valence-corrected chi connectivity index (χ0v) is 10.5. The Labute approximate surface area is 114 Å². The van der Waals surface area contributed by atoms with Gasteiger partial charge in [0.15, 0.2) is 5.82 Å². The van der Waals surface area contributed by atoms with Crippen LogP contribution in [0.1, 0.15) is 5.56 Å². The smallest absolute Gasteiger partial charge is 0.269 e. The first-order chi connectivity index (χ1) is 9.74. The minimum absolute atomic E-state index is 0.0963. The number of nitrogens with one attached hydrogen (secondary N) is 2. The first-order valence-corrected chi connectivity index (χ1v) is 6.14. The van der Waals surface area contributed by atoms with E-state index in [1.807, 2.05) is 24.3 Å². The molecule has 3 aromatic rings. The van der Waals surface area contributed by atoms with Crippen molar-refractivity contribution in [2.45, 2.75) is 6.54 Å². The number of fused-ring (bicyclic) bond motifs is 1. The largest absolute Gasteiger partial charge is 0.364 e. The average molecular weight is 268 g/mol. The number of aromatic amines is 1. The van der Waals surface area contributed by atoms with Gasteiger partial charge in [0.2, 0.25) is 0 Å². The van der Waals surface area contributed by atoms with Crippen LogP contribution in [0, 0.1) is 10.1 Å². The number of rotatable bonds is 4. The third-order valence-corrected chi connectivity index (χ3v) is 3.08. The molecule has 1 aromatic heterocycles. The SMILES string of the molecule is O=[N+]([O-])c1ccc(CNc2n[nH]c3ccccc23)cc1. The number of nitro benzene ring substituents is 1. The number of aromatic nitrogens is 2. The minimum Gasteiger partial charge on any atom is -0.364 e. The van der Waals surface area contributed by atoms with Gasteiger partial charge in [0.05, 0.1) is 10.4 Å². The molecule has 0 amide bonds. The highest BCUT2D eigenvalue weighted by Gasteiger charge is 2.06. The van der Waals surface area contributed by atoms with Crippen LogP contribution in [0.2, 0.25) is 0 Å². The van der Waals surface area contributed by atoms with Crippen molar-refractivity contribution in [2.24, 2.45) is 0 Å². The monoisotopic (exact) mass is 268 g/mol. The van der Waals surface area contributed by atoms with Crippen LogP contribution in [-0.2, 0) is 6.54 Å². The van der Waals surface area contributed by atoms with Gasteiger partial charge >= 0.3 is 0 Å². The van der Waals surface area contributed by atoms with Gasteiger partial charge in [-0.1, -0.05) is 24.3 Å². The fourth-order valence-electron chi connectivity index (χ4n) is 2.02. The van der Waals surface area contributed by atoms with Crippen molar-refractivity contribution in [2.75, 3.05) is 5.32 Å². The highest BCUT2D eigenvalue weighted by molar-refractivity contribution is 5.89. The van der Waals surface area contributed by atoms with Gasteiger partial charge in [-0.05, 0) is 17.7 Å². The third kappa shape index (κ3) is 2.31. The Hall–Kier alpha value is -2.89. The maximum atomic E-state index is 10.6. The van der Waals surface area contributed by atoms with E-state index in [9.17, 15) is 10.1 Å². The molecule has 100 valence electrons. The molecule has 0 unspecified atom stereocenters. The van der Waals surface area contributed by atoms with Gasteiger partial charge in [-0.15, -0.1) is 0 Å². The molecule has 0 spiro atoms. The second-order valence-corrected chi connectivity index (χ2v) is 4.39. The topological polar surface area (TPSA) is 83.8 Å². The van der Waals surface area contributed by atoms with E-state index in [0.717, 1.165) is 22.3 Å². The van der Waals surface area contributed by atoms with E-state index in [-0.39, 0.29) is 5.69 Å². The molecule has 0 saturated heterocycles. The molecule has 6 heteroatoms. The summed E-state index contributed by atoms with van der Waals surface area (Å²) < 4.78 is 0. The van der Waals surface area contributed by atoms with Gasteiger partial charge in [0.1, 0.15) is 0 Å². The summed E-state index contributed by atoms with van der Waals surface area (Å²) in [5.41, 5.74) is 2.03. The van der Waals surface area contributed by atoms with Crippen LogP contribution in [0.4, 0.5) is 11.5 Å². The number of non-ortho nitro benzene ring substituents is 1. The summed E-state index contributed by atoms with van der Waals surface area (Å²) in [4.78, 5) is 10.2. The highest BCUT2D eigenvalue weighted by atomic mass is 16.6. The summed E-state index contributed by atoms with van der Waals surface area (Å²) in [7, 11) is 0. The second-order valence-electron chi connectivity index (χ2n) is 4.39. The van der Waals surface area contributed by atoms with Gasteiger partial charge < -0.3 is 5.32 Å². The number of H-pyrrole nitrogens is 1. The van der Waals surface area contributed by atoms with E-state index in [0.29, 0.717) is 6.54 Å². The number of benzene rings is 2. The quantitative estimate of drug-likeness (QED) is 0.562. The lowest BCUT2D eigenvalue weighted by molar-refractivity contribution is -0.384. The lowest BCUT2D eigenvalue weighted by atomic mass is 10.2. The average Bonchev–Trinajstić information content (AvgIpc) is 2.89. The molecule has 2 N–H and O–H groups in total.